The van der Waals surface area contributed by atoms with Gasteiger partial charge >= 0.3 is 0 Å². The first-order valence-electron chi connectivity index (χ1n) is 5.64. The minimum atomic E-state index is -0.374. The topological polar surface area (TPSA) is 37.8 Å². The lowest BCUT2D eigenvalue weighted by molar-refractivity contribution is 0.590. The Kier molecular flexibility index (Phi) is 4.27. The van der Waals surface area contributed by atoms with Gasteiger partial charge in [0, 0.05) is 10.6 Å². The van der Waals surface area contributed by atoms with Crippen molar-refractivity contribution < 1.29 is 4.39 Å². The van der Waals surface area contributed by atoms with Gasteiger partial charge in [-0.25, -0.2) is 4.39 Å². The van der Waals surface area contributed by atoms with Crippen molar-refractivity contribution >= 4 is 22.9 Å². The van der Waals surface area contributed by atoms with Crippen molar-refractivity contribution in [1.82, 2.24) is 15.5 Å². The van der Waals surface area contributed by atoms with E-state index in [1.54, 1.807) is 12.1 Å². The smallest absolute Gasteiger partial charge is 0.150 e. The molecule has 2 rings (SSSR count). The standard InChI is InChI=1S/C12H13ClFN3S/c1-3-15-7(2)11-16-17-12(18-11)9-5-4-8(13)6-10(9)14/h4-7,15H,3H2,1-2H3. The molecule has 96 valence electrons. The average Bonchev–Trinajstić information content (AvgIpc) is 2.78. The molecule has 0 amide bonds. The number of hydrogen-bond acceptors (Lipinski definition) is 4. The Bertz CT molecular complexity index is 544. The first kappa shape index (κ1) is 13.4. The SMILES string of the molecule is CCNC(C)c1nnc(-c2ccc(Cl)cc2F)s1. The molecule has 1 aromatic heterocycles. The van der Waals surface area contributed by atoms with Crippen molar-refractivity contribution in [3.8, 4) is 10.6 Å². The second-order valence-electron chi connectivity index (χ2n) is 3.85. The Morgan fingerprint density at radius 3 is 2.89 bits per heavy atom. The van der Waals surface area contributed by atoms with Crippen LogP contribution >= 0.6 is 22.9 Å². The van der Waals surface area contributed by atoms with Gasteiger partial charge in [0.1, 0.15) is 10.8 Å². The van der Waals surface area contributed by atoms with Crippen molar-refractivity contribution in [3.63, 3.8) is 0 Å². The van der Waals surface area contributed by atoms with E-state index in [2.05, 4.69) is 15.5 Å². The molecule has 0 saturated carbocycles. The van der Waals surface area contributed by atoms with Crippen molar-refractivity contribution in [2.24, 2.45) is 0 Å². The highest BCUT2D eigenvalue weighted by Gasteiger charge is 2.14. The van der Waals surface area contributed by atoms with Gasteiger partial charge in [-0.05, 0) is 31.7 Å². The van der Waals surface area contributed by atoms with Crippen LogP contribution in [0.5, 0.6) is 0 Å². The van der Waals surface area contributed by atoms with Crippen LogP contribution in [0.4, 0.5) is 4.39 Å². The van der Waals surface area contributed by atoms with Crippen molar-refractivity contribution in [2.45, 2.75) is 19.9 Å². The molecule has 1 N–H and O–H groups in total. The first-order chi connectivity index (χ1) is 8.61. The molecule has 1 atom stereocenters. The maximum Gasteiger partial charge on any atom is 0.150 e. The van der Waals surface area contributed by atoms with Crippen molar-refractivity contribution in [3.05, 3.63) is 34.0 Å². The first-order valence-corrected chi connectivity index (χ1v) is 6.83. The van der Waals surface area contributed by atoms with Crippen LogP contribution in [0.25, 0.3) is 10.6 Å². The molecule has 1 heterocycles. The quantitative estimate of drug-likeness (QED) is 0.931. The fraction of sp³-hybridized carbons (Fsp3) is 0.333. The summed E-state index contributed by atoms with van der Waals surface area (Å²) in [6, 6.07) is 4.68. The number of hydrogen-bond donors (Lipinski definition) is 1. The van der Waals surface area contributed by atoms with Gasteiger partial charge in [0.25, 0.3) is 0 Å². The molecule has 0 saturated heterocycles. The Morgan fingerprint density at radius 1 is 1.44 bits per heavy atom. The Balaban J connectivity index is 2.29. The predicted molar refractivity (Wildman–Crippen MR) is 72.4 cm³/mol. The Morgan fingerprint density at radius 2 is 2.22 bits per heavy atom. The highest BCUT2D eigenvalue weighted by molar-refractivity contribution is 7.14. The second-order valence-corrected chi connectivity index (χ2v) is 5.29. The van der Waals surface area contributed by atoms with E-state index in [4.69, 9.17) is 11.6 Å². The largest absolute Gasteiger partial charge is 0.308 e. The fourth-order valence-electron chi connectivity index (χ4n) is 1.57. The number of halogens is 2. The molecule has 0 spiro atoms. The maximum absolute atomic E-state index is 13.7. The highest BCUT2D eigenvalue weighted by atomic mass is 35.5. The Labute approximate surface area is 114 Å². The van der Waals surface area contributed by atoms with Crippen molar-refractivity contribution in [2.75, 3.05) is 6.54 Å². The molecule has 0 aliphatic heterocycles. The molecule has 1 aromatic carbocycles. The summed E-state index contributed by atoms with van der Waals surface area (Å²) < 4.78 is 13.7. The van der Waals surface area contributed by atoms with Crippen LogP contribution in [-0.4, -0.2) is 16.7 Å². The molecular weight excluding hydrogens is 273 g/mol. The molecule has 18 heavy (non-hydrogen) atoms. The molecule has 2 aromatic rings. The van der Waals surface area contributed by atoms with Crippen LogP contribution < -0.4 is 5.32 Å². The van der Waals surface area contributed by atoms with Gasteiger partial charge < -0.3 is 5.32 Å². The van der Waals surface area contributed by atoms with Gasteiger partial charge in [-0.1, -0.05) is 29.9 Å². The number of rotatable bonds is 4. The summed E-state index contributed by atoms with van der Waals surface area (Å²) in [5.74, 6) is -0.374. The van der Waals surface area contributed by atoms with E-state index < -0.39 is 0 Å². The lowest BCUT2D eigenvalue weighted by Crippen LogP contribution is -2.17. The normalized spacial score (nSPS) is 12.7. The molecule has 3 nitrogen and oxygen atoms in total. The van der Waals surface area contributed by atoms with E-state index in [-0.39, 0.29) is 11.9 Å². The third-order valence-corrected chi connectivity index (χ3v) is 3.86. The van der Waals surface area contributed by atoms with E-state index in [9.17, 15) is 4.39 Å². The summed E-state index contributed by atoms with van der Waals surface area (Å²) in [7, 11) is 0. The monoisotopic (exact) mass is 285 g/mol. The average molecular weight is 286 g/mol. The molecule has 0 fully saturated rings. The van der Waals surface area contributed by atoms with E-state index in [1.165, 1.54) is 17.4 Å². The third kappa shape index (κ3) is 2.85. The summed E-state index contributed by atoms with van der Waals surface area (Å²) in [6.45, 7) is 4.88. The van der Waals surface area contributed by atoms with Crippen LogP contribution in [0.15, 0.2) is 18.2 Å². The van der Waals surface area contributed by atoms with Gasteiger partial charge in [0.05, 0.1) is 6.04 Å². The van der Waals surface area contributed by atoms with Gasteiger partial charge in [-0.15, -0.1) is 10.2 Å². The Hall–Kier alpha value is -1.04. The van der Waals surface area contributed by atoms with Crippen LogP contribution in [0, 0.1) is 5.82 Å². The van der Waals surface area contributed by atoms with Gasteiger partial charge in [0.15, 0.2) is 5.01 Å². The molecule has 6 heteroatoms. The van der Waals surface area contributed by atoms with Gasteiger partial charge in [-0.2, -0.15) is 0 Å². The summed E-state index contributed by atoms with van der Waals surface area (Å²) in [6.07, 6.45) is 0. The molecule has 0 aliphatic rings. The van der Waals surface area contributed by atoms with Gasteiger partial charge in [0.2, 0.25) is 0 Å². The molecule has 1 unspecified atom stereocenters. The summed E-state index contributed by atoms with van der Waals surface area (Å²) in [5, 5.41) is 13.1. The summed E-state index contributed by atoms with van der Waals surface area (Å²) in [4.78, 5) is 0. The van der Waals surface area contributed by atoms with Gasteiger partial charge in [-0.3, -0.25) is 0 Å². The molecular formula is C12H13ClFN3S. The second kappa shape index (κ2) is 5.73. The highest BCUT2D eigenvalue weighted by Crippen LogP contribution is 2.29. The van der Waals surface area contributed by atoms with E-state index in [0.29, 0.717) is 15.6 Å². The summed E-state index contributed by atoms with van der Waals surface area (Å²) >= 11 is 7.10. The zero-order valence-electron chi connectivity index (χ0n) is 10.1. The molecule has 0 aliphatic carbocycles. The zero-order chi connectivity index (χ0) is 13.1. The maximum atomic E-state index is 13.7. The predicted octanol–water partition coefficient (Wildman–Crippen LogP) is 3.67. The molecule has 0 radical (unpaired) electrons. The number of aromatic nitrogens is 2. The van der Waals surface area contributed by atoms with Crippen LogP contribution in [0.2, 0.25) is 5.02 Å². The van der Waals surface area contributed by atoms with Crippen LogP contribution in [0.3, 0.4) is 0 Å². The zero-order valence-corrected chi connectivity index (χ0v) is 11.6. The number of benzene rings is 1. The van der Waals surface area contributed by atoms with E-state index in [0.717, 1.165) is 11.6 Å². The minimum Gasteiger partial charge on any atom is -0.308 e. The summed E-state index contributed by atoms with van der Waals surface area (Å²) in [5.41, 5.74) is 0.437. The van der Waals surface area contributed by atoms with Crippen LogP contribution in [-0.2, 0) is 0 Å². The lowest BCUT2D eigenvalue weighted by atomic mass is 10.2. The number of nitrogens with one attached hydrogen (secondary N) is 1. The van der Waals surface area contributed by atoms with Crippen molar-refractivity contribution in [1.29, 1.82) is 0 Å². The fourth-order valence-corrected chi connectivity index (χ4v) is 2.63. The third-order valence-electron chi connectivity index (χ3n) is 2.48. The van der Waals surface area contributed by atoms with E-state index >= 15 is 0 Å². The number of nitrogens with zero attached hydrogens (tertiary/aromatic N) is 2. The van der Waals surface area contributed by atoms with Crippen LogP contribution in [0.1, 0.15) is 24.9 Å². The van der Waals surface area contributed by atoms with E-state index in [1.807, 2.05) is 13.8 Å². The minimum absolute atomic E-state index is 0.122. The molecule has 0 bridgehead atoms. The lowest BCUT2D eigenvalue weighted by Gasteiger charge is -2.06.